The van der Waals surface area contributed by atoms with Crippen molar-refractivity contribution in [1.29, 1.82) is 0 Å². The van der Waals surface area contributed by atoms with Gasteiger partial charge in [0.2, 0.25) is 5.91 Å². The Hall–Kier alpha value is -2.88. The number of benzene rings is 2. The van der Waals surface area contributed by atoms with Crippen molar-refractivity contribution in [2.24, 2.45) is 5.73 Å². The smallest absolute Gasteiger partial charge is 0.368 e. The van der Waals surface area contributed by atoms with Gasteiger partial charge in [-0.3, -0.25) is 9.59 Å². The van der Waals surface area contributed by atoms with Crippen molar-refractivity contribution in [3.63, 3.8) is 0 Å². The van der Waals surface area contributed by atoms with E-state index in [4.69, 9.17) is 5.73 Å². The molecule has 0 saturated carbocycles. The van der Waals surface area contributed by atoms with Crippen LogP contribution in [0.15, 0.2) is 59.5 Å². The molecule has 0 aliphatic heterocycles. The zero-order valence-corrected chi connectivity index (χ0v) is 15.3. The number of carbonyl (C=O) groups is 2. The summed E-state index contributed by atoms with van der Waals surface area (Å²) in [7, 11) is -3.70. The van der Waals surface area contributed by atoms with E-state index in [1.54, 1.807) is 18.2 Å². The van der Waals surface area contributed by atoms with E-state index in [0.717, 1.165) is 24.3 Å². The molecule has 2 amide bonds. The second-order valence-corrected chi connectivity index (χ2v) is 8.03. The number of hydrogen-bond acceptors (Lipinski definition) is 4. The third-order valence-corrected chi connectivity index (χ3v) is 5.66. The van der Waals surface area contributed by atoms with E-state index in [1.807, 2.05) is 0 Å². The Morgan fingerprint density at radius 1 is 1.00 bits per heavy atom. The van der Waals surface area contributed by atoms with E-state index < -0.39 is 45.2 Å². The van der Waals surface area contributed by atoms with Crippen LogP contribution in [-0.2, 0) is 20.8 Å². The SMILES string of the molecule is NC(=O)[C@@H](CCS(=O)(=O)c1ccccc1)NC(=O)c1ccc(C(F)(F)F)cc1. The summed E-state index contributed by atoms with van der Waals surface area (Å²) in [6, 6.07) is 9.61. The zero-order valence-electron chi connectivity index (χ0n) is 14.4. The largest absolute Gasteiger partial charge is 0.416 e. The summed E-state index contributed by atoms with van der Waals surface area (Å²) >= 11 is 0. The van der Waals surface area contributed by atoms with E-state index in [-0.39, 0.29) is 16.9 Å². The Morgan fingerprint density at radius 2 is 1.57 bits per heavy atom. The number of nitrogens with one attached hydrogen (secondary N) is 1. The third-order valence-electron chi connectivity index (χ3n) is 3.90. The number of primary amides is 1. The number of nitrogens with two attached hydrogens (primary N) is 1. The Bertz CT molecular complexity index is 943. The maximum absolute atomic E-state index is 12.6. The molecule has 2 aromatic carbocycles. The lowest BCUT2D eigenvalue weighted by molar-refractivity contribution is -0.137. The number of hydrogen-bond donors (Lipinski definition) is 2. The van der Waals surface area contributed by atoms with Gasteiger partial charge >= 0.3 is 6.18 Å². The van der Waals surface area contributed by atoms with Crippen LogP contribution in [0.4, 0.5) is 13.2 Å². The number of carbonyl (C=O) groups excluding carboxylic acids is 2. The van der Waals surface area contributed by atoms with Crippen LogP contribution < -0.4 is 11.1 Å². The van der Waals surface area contributed by atoms with E-state index in [2.05, 4.69) is 5.32 Å². The lowest BCUT2D eigenvalue weighted by atomic mass is 10.1. The molecule has 0 aliphatic rings. The molecule has 0 bridgehead atoms. The Labute approximate surface area is 159 Å². The summed E-state index contributed by atoms with van der Waals surface area (Å²) in [6.45, 7) is 0. The average Bonchev–Trinajstić information content (AvgIpc) is 2.64. The van der Waals surface area contributed by atoms with Gasteiger partial charge < -0.3 is 11.1 Å². The van der Waals surface area contributed by atoms with Crippen molar-refractivity contribution in [1.82, 2.24) is 5.32 Å². The number of sulfone groups is 1. The molecule has 1 atom stereocenters. The molecule has 3 N–H and O–H groups in total. The van der Waals surface area contributed by atoms with Crippen LogP contribution in [0.25, 0.3) is 0 Å². The van der Waals surface area contributed by atoms with Gasteiger partial charge in [-0.15, -0.1) is 0 Å². The first-order valence-electron chi connectivity index (χ1n) is 8.06. The zero-order chi connectivity index (χ0) is 20.9. The summed E-state index contributed by atoms with van der Waals surface area (Å²) in [4.78, 5) is 23.8. The Morgan fingerprint density at radius 3 is 2.07 bits per heavy atom. The van der Waals surface area contributed by atoms with E-state index in [0.29, 0.717) is 0 Å². The van der Waals surface area contributed by atoms with Crippen molar-refractivity contribution >= 4 is 21.7 Å². The van der Waals surface area contributed by atoms with Gasteiger partial charge in [0.25, 0.3) is 5.91 Å². The van der Waals surface area contributed by atoms with Crippen molar-refractivity contribution in [3.05, 3.63) is 65.7 Å². The maximum Gasteiger partial charge on any atom is 0.416 e. The fraction of sp³-hybridized carbons (Fsp3) is 0.222. The minimum Gasteiger partial charge on any atom is -0.368 e. The van der Waals surface area contributed by atoms with Crippen molar-refractivity contribution in [3.8, 4) is 0 Å². The third kappa shape index (κ3) is 5.56. The summed E-state index contributed by atoms with van der Waals surface area (Å²) in [5.41, 5.74) is 4.17. The van der Waals surface area contributed by atoms with Gasteiger partial charge in [0.15, 0.2) is 9.84 Å². The predicted molar refractivity (Wildman–Crippen MR) is 95.0 cm³/mol. The molecule has 2 rings (SSSR count). The normalized spacial score (nSPS) is 13.0. The molecule has 0 unspecified atom stereocenters. The van der Waals surface area contributed by atoms with Gasteiger partial charge in [0.05, 0.1) is 16.2 Å². The molecule has 0 spiro atoms. The molecular weight excluding hydrogens is 397 g/mol. The minimum absolute atomic E-state index is 0.0623. The monoisotopic (exact) mass is 414 g/mol. The van der Waals surface area contributed by atoms with E-state index >= 15 is 0 Å². The summed E-state index contributed by atoms with van der Waals surface area (Å²) in [6.07, 6.45) is -4.82. The highest BCUT2D eigenvalue weighted by molar-refractivity contribution is 7.91. The molecule has 0 saturated heterocycles. The quantitative estimate of drug-likeness (QED) is 0.724. The minimum atomic E-state index is -4.55. The lowest BCUT2D eigenvalue weighted by Crippen LogP contribution is -2.45. The number of alkyl halides is 3. The van der Waals surface area contributed by atoms with Crippen LogP contribution in [0, 0.1) is 0 Å². The van der Waals surface area contributed by atoms with Gasteiger partial charge in [-0.25, -0.2) is 8.42 Å². The molecule has 0 heterocycles. The van der Waals surface area contributed by atoms with Gasteiger partial charge in [0.1, 0.15) is 6.04 Å². The van der Waals surface area contributed by atoms with Crippen LogP contribution in [0.5, 0.6) is 0 Å². The van der Waals surface area contributed by atoms with Crippen molar-refractivity contribution in [2.45, 2.75) is 23.5 Å². The summed E-state index contributed by atoms with van der Waals surface area (Å²) in [5, 5.41) is 2.26. The van der Waals surface area contributed by atoms with Gasteiger partial charge in [-0.1, -0.05) is 18.2 Å². The fourth-order valence-electron chi connectivity index (χ4n) is 2.36. The molecule has 0 radical (unpaired) electrons. The fourth-order valence-corrected chi connectivity index (χ4v) is 3.71. The van der Waals surface area contributed by atoms with Gasteiger partial charge in [0, 0.05) is 5.56 Å². The summed E-state index contributed by atoms with van der Waals surface area (Å²) in [5.74, 6) is -2.24. The first-order chi connectivity index (χ1) is 13.0. The maximum atomic E-state index is 12.6. The molecule has 0 fully saturated rings. The summed E-state index contributed by atoms with van der Waals surface area (Å²) < 4.78 is 62.3. The lowest BCUT2D eigenvalue weighted by Gasteiger charge is -2.16. The first kappa shape index (κ1) is 21.4. The second kappa shape index (κ2) is 8.42. The van der Waals surface area contributed by atoms with Crippen LogP contribution >= 0.6 is 0 Å². The van der Waals surface area contributed by atoms with Gasteiger partial charge in [-0.05, 0) is 42.8 Å². The predicted octanol–water partition coefficient (Wildman–Crippen LogP) is 2.15. The van der Waals surface area contributed by atoms with Crippen LogP contribution in [0.2, 0.25) is 0 Å². The molecule has 28 heavy (non-hydrogen) atoms. The van der Waals surface area contributed by atoms with Crippen LogP contribution in [0.1, 0.15) is 22.3 Å². The van der Waals surface area contributed by atoms with E-state index in [9.17, 15) is 31.2 Å². The number of rotatable bonds is 7. The number of halogens is 3. The topological polar surface area (TPSA) is 106 Å². The standard InChI is InChI=1S/C18H17F3N2O4S/c19-18(20,21)13-8-6-12(7-9-13)17(25)23-15(16(22)24)10-11-28(26,27)14-4-2-1-3-5-14/h1-9,15H,10-11H2,(H2,22,24)(H,23,25)/t15-/m1/s1. The van der Waals surface area contributed by atoms with Crippen LogP contribution in [-0.4, -0.2) is 32.0 Å². The Kier molecular flexibility index (Phi) is 6.45. The highest BCUT2D eigenvalue weighted by Crippen LogP contribution is 2.29. The van der Waals surface area contributed by atoms with Gasteiger partial charge in [-0.2, -0.15) is 13.2 Å². The second-order valence-electron chi connectivity index (χ2n) is 5.92. The molecule has 6 nitrogen and oxygen atoms in total. The molecule has 150 valence electrons. The molecule has 0 aromatic heterocycles. The first-order valence-corrected chi connectivity index (χ1v) is 9.71. The molecular formula is C18H17F3N2O4S. The number of amides is 2. The van der Waals surface area contributed by atoms with Crippen molar-refractivity contribution < 1.29 is 31.2 Å². The Balaban J connectivity index is 2.06. The molecule has 0 aliphatic carbocycles. The van der Waals surface area contributed by atoms with Crippen LogP contribution in [0.3, 0.4) is 0 Å². The average molecular weight is 414 g/mol. The van der Waals surface area contributed by atoms with E-state index in [1.165, 1.54) is 12.1 Å². The highest BCUT2D eigenvalue weighted by atomic mass is 32.2. The molecule has 10 heteroatoms. The van der Waals surface area contributed by atoms with Crippen molar-refractivity contribution in [2.75, 3.05) is 5.75 Å². The molecule has 2 aromatic rings. The highest BCUT2D eigenvalue weighted by Gasteiger charge is 2.30.